The Balaban J connectivity index is 2.70. The van der Waals surface area contributed by atoms with E-state index in [2.05, 4.69) is 34.8 Å². The number of nitrogen functional groups attached to an aromatic ring is 1. The van der Waals surface area contributed by atoms with Crippen molar-refractivity contribution in [2.24, 2.45) is 5.92 Å². The van der Waals surface area contributed by atoms with Crippen molar-refractivity contribution in [1.82, 2.24) is 4.98 Å². The number of aromatic nitrogens is 1. The SMILES string of the molecule is CC(C)CCOc1ccc(Br)cc1-c1c(C#N)c(N)[nH]c(=O)c1C#N. The number of H-pyrrole nitrogens is 1. The Morgan fingerprint density at radius 2 is 1.96 bits per heavy atom. The van der Waals surface area contributed by atoms with Gasteiger partial charge in [0.1, 0.15) is 34.8 Å². The first-order chi connectivity index (χ1) is 11.9. The predicted octanol–water partition coefficient (Wildman–Crippen LogP) is 3.55. The summed E-state index contributed by atoms with van der Waals surface area (Å²) in [5, 5.41) is 18.9. The van der Waals surface area contributed by atoms with Crippen LogP contribution in [0.4, 0.5) is 5.82 Å². The van der Waals surface area contributed by atoms with Gasteiger partial charge in [-0.3, -0.25) is 4.79 Å². The molecule has 0 amide bonds. The number of rotatable bonds is 5. The first-order valence-corrected chi connectivity index (χ1v) is 8.47. The van der Waals surface area contributed by atoms with Crippen LogP contribution in [0.25, 0.3) is 11.1 Å². The van der Waals surface area contributed by atoms with E-state index in [4.69, 9.17) is 10.5 Å². The third-order valence-electron chi connectivity index (χ3n) is 3.63. The van der Waals surface area contributed by atoms with E-state index in [9.17, 15) is 15.3 Å². The molecular formula is C18H17BrN4O2. The zero-order valence-electron chi connectivity index (χ0n) is 13.9. The number of nitrogens with two attached hydrogens (primary N) is 1. The van der Waals surface area contributed by atoms with E-state index < -0.39 is 5.56 Å². The fourth-order valence-electron chi connectivity index (χ4n) is 2.34. The molecule has 0 saturated carbocycles. The number of nitrogens with zero attached hydrogens (tertiary/aromatic N) is 2. The van der Waals surface area contributed by atoms with Gasteiger partial charge in [-0.25, -0.2) is 0 Å². The van der Waals surface area contributed by atoms with E-state index in [0.29, 0.717) is 23.8 Å². The van der Waals surface area contributed by atoms with E-state index in [1.165, 1.54) is 0 Å². The van der Waals surface area contributed by atoms with Crippen LogP contribution < -0.4 is 16.0 Å². The van der Waals surface area contributed by atoms with Crippen molar-refractivity contribution in [3.8, 4) is 29.0 Å². The normalized spacial score (nSPS) is 10.3. The number of ether oxygens (including phenoxy) is 1. The van der Waals surface area contributed by atoms with Gasteiger partial charge in [0.05, 0.1) is 6.61 Å². The quantitative estimate of drug-likeness (QED) is 0.795. The molecule has 1 aromatic heterocycles. The predicted molar refractivity (Wildman–Crippen MR) is 99.0 cm³/mol. The molecule has 0 atom stereocenters. The average Bonchev–Trinajstić information content (AvgIpc) is 2.55. The van der Waals surface area contributed by atoms with Gasteiger partial charge in [-0.2, -0.15) is 10.5 Å². The van der Waals surface area contributed by atoms with Crippen LogP contribution in [0.15, 0.2) is 27.5 Å². The minimum Gasteiger partial charge on any atom is -0.493 e. The molecule has 128 valence electrons. The van der Waals surface area contributed by atoms with Crippen molar-refractivity contribution in [1.29, 1.82) is 10.5 Å². The third kappa shape index (κ3) is 4.01. The molecule has 0 radical (unpaired) electrons. The molecule has 1 heterocycles. The van der Waals surface area contributed by atoms with Crippen LogP contribution >= 0.6 is 15.9 Å². The molecule has 2 aromatic rings. The maximum atomic E-state index is 12.1. The fourth-order valence-corrected chi connectivity index (χ4v) is 2.70. The Hall–Kier alpha value is -2.77. The summed E-state index contributed by atoms with van der Waals surface area (Å²) in [5.74, 6) is 0.884. The molecule has 2 rings (SSSR count). The molecule has 0 unspecified atom stereocenters. The number of nitrogens with one attached hydrogen (secondary N) is 1. The second-order valence-corrected chi connectivity index (χ2v) is 6.80. The largest absolute Gasteiger partial charge is 0.493 e. The highest BCUT2D eigenvalue weighted by atomic mass is 79.9. The summed E-state index contributed by atoms with van der Waals surface area (Å²) in [6.07, 6.45) is 0.850. The highest BCUT2D eigenvalue weighted by molar-refractivity contribution is 9.10. The molecular weight excluding hydrogens is 384 g/mol. The maximum Gasteiger partial charge on any atom is 0.268 e. The monoisotopic (exact) mass is 400 g/mol. The van der Waals surface area contributed by atoms with Crippen molar-refractivity contribution in [2.75, 3.05) is 12.3 Å². The molecule has 0 saturated heterocycles. The van der Waals surface area contributed by atoms with Crippen LogP contribution in [0.1, 0.15) is 31.4 Å². The zero-order chi connectivity index (χ0) is 18.6. The van der Waals surface area contributed by atoms with E-state index >= 15 is 0 Å². The molecule has 0 fully saturated rings. The second-order valence-electron chi connectivity index (χ2n) is 5.89. The van der Waals surface area contributed by atoms with Crippen molar-refractivity contribution in [3.05, 3.63) is 44.2 Å². The number of anilines is 1. The molecule has 6 nitrogen and oxygen atoms in total. The van der Waals surface area contributed by atoms with Crippen molar-refractivity contribution < 1.29 is 4.74 Å². The van der Waals surface area contributed by atoms with Crippen molar-refractivity contribution in [3.63, 3.8) is 0 Å². The molecule has 3 N–H and O–H groups in total. The Morgan fingerprint density at radius 1 is 1.28 bits per heavy atom. The highest BCUT2D eigenvalue weighted by Gasteiger charge is 2.21. The zero-order valence-corrected chi connectivity index (χ0v) is 15.5. The van der Waals surface area contributed by atoms with Gasteiger partial charge in [-0.05, 0) is 30.5 Å². The van der Waals surface area contributed by atoms with Gasteiger partial charge >= 0.3 is 0 Å². The summed E-state index contributed by atoms with van der Waals surface area (Å²) in [6, 6.07) is 9.07. The Morgan fingerprint density at radius 3 is 2.56 bits per heavy atom. The Kier molecular flexibility index (Phi) is 5.84. The minimum atomic E-state index is -0.637. The molecule has 25 heavy (non-hydrogen) atoms. The number of hydrogen-bond acceptors (Lipinski definition) is 5. The molecule has 1 aromatic carbocycles. The van der Waals surface area contributed by atoms with Crippen LogP contribution in [0.2, 0.25) is 0 Å². The number of hydrogen-bond donors (Lipinski definition) is 2. The summed E-state index contributed by atoms with van der Waals surface area (Å²) in [7, 11) is 0. The Bertz CT molecular complexity index is 936. The third-order valence-corrected chi connectivity index (χ3v) is 4.13. The number of pyridine rings is 1. The molecule has 0 bridgehead atoms. The van der Waals surface area contributed by atoms with Gasteiger partial charge in [-0.15, -0.1) is 0 Å². The van der Waals surface area contributed by atoms with Gasteiger partial charge in [0, 0.05) is 15.6 Å². The lowest BCUT2D eigenvalue weighted by molar-refractivity contribution is 0.290. The number of nitriles is 2. The van der Waals surface area contributed by atoms with Crippen LogP contribution in [-0.4, -0.2) is 11.6 Å². The molecule has 7 heteroatoms. The van der Waals surface area contributed by atoms with Crippen LogP contribution in [0.5, 0.6) is 5.75 Å². The minimum absolute atomic E-state index is 0.0444. The first-order valence-electron chi connectivity index (χ1n) is 7.67. The Labute approximate surface area is 154 Å². The number of halogens is 1. The van der Waals surface area contributed by atoms with E-state index in [0.717, 1.165) is 10.9 Å². The van der Waals surface area contributed by atoms with E-state index in [1.54, 1.807) is 18.2 Å². The summed E-state index contributed by atoms with van der Waals surface area (Å²) in [5.41, 5.74) is 5.68. The van der Waals surface area contributed by atoms with E-state index in [1.807, 2.05) is 12.1 Å². The molecule has 0 aliphatic rings. The lowest BCUT2D eigenvalue weighted by atomic mass is 9.96. The van der Waals surface area contributed by atoms with Gasteiger partial charge in [0.25, 0.3) is 5.56 Å². The topological polar surface area (TPSA) is 116 Å². The standard InChI is InChI=1S/C18H17BrN4O2/c1-10(2)5-6-25-15-4-3-11(19)7-12(15)16-13(8-20)17(22)23-18(24)14(16)9-21/h3-4,7,10H,5-6H2,1-2H3,(H3,22,23,24). The highest BCUT2D eigenvalue weighted by Crippen LogP contribution is 2.37. The lowest BCUT2D eigenvalue weighted by Gasteiger charge is -2.15. The van der Waals surface area contributed by atoms with Crippen molar-refractivity contribution in [2.45, 2.75) is 20.3 Å². The average molecular weight is 401 g/mol. The van der Waals surface area contributed by atoms with Gasteiger partial charge in [0.15, 0.2) is 0 Å². The molecule has 0 aliphatic carbocycles. The van der Waals surface area contributed by atoms with Crippen molar-refractivity contribution >= 4 is 21.7 Å². The number of benzene rings is 1. The molecule has 0 aliphatic heterocycles. The summed E-state index contributed by atoms with van der Waals surface area (Å²) < 4.78 is 6.57. The second kappa shape index (κ2) is 7.87. The van der Waals surface area contributed by atoms with Crippen LogP contribution in [0, 0.1) is 28.6 Å². The fraction of sp³-hybridized carbons (Fsp3) is 0.278. The summed E-state index contributed by atoms with van der Waals surface area (Å²) in [4.78, 5) is 14.4. The lowest BCUT2D eigenvalue weighted by Crippen LogP contribution is -2.16. The van der Waals surface area contributed by atoms with Crippen LogP contribution in [-0.2, 0) is 0 Å². The smallest absolute Gasteiger partial charge is 0.268 e. The van der Waals surface area contributed by atoms with Gasteiger partial charge in [0.2, 0.25) is 0 Å². The number of aromatic amines is 1. The maximum absolute atomic E-state index is 12.1. The van der Waals surface area contributed by atoms with E-state index in [-0.39, 0.29) is 22.5 Å². The van der Waals surface area contributed by atoms with Crippen LogP contribution in [0.3, 0.4) is 0 Å². The first kappa shape index (κ1) is 18.6. The summed E-state index contributed by atoms with van der Waals surface area (Å²) in [6.45, 7) is 4.66. The molecule has 0 spiro atoms. The summed E-state index contributed by atoms with van der Waals surface area (Å²) >= 11 is 3.38. The van der Waals surface area contributed by atoms with Gasteiger partial charge in [-0.1, -0.05) is 29.8 Å². The van der Waals surface area contributed by atoms with Gasteiger partial charge < -0.3 is 15.5 Å².